The van der Waals surface area contributed by atoms with Crippen molar-refractivity contribution in [3.05, 3.63) is 83.2 Å². The van der Waals surface area contributed by atoms with Crippen molar-refractivity contribution in [2.75, 3.05) is 17.2 Å². The maximum atomic E-state index is 12.5. The minimum Gasteiger partial charge on any atom is -0.354 e. The molecule has 27 heavy (non-hydrogen) atoms. The van der Waals surface area contributed by atoms with E-state index in [1.807, 2.05) is 25.1 Å². The predicted molar refractivity (Wildman–Crippen MR) is 105 cm³/mol. The van der Waals surface area contributed by atoms with Gasteiger partial charge in [0, 0.05) is 12.2 Å². The molecule has 1 amide bonds. The molecule has 0 aliphatic carbocycles. The topological polar surface area (TPSA) is 90.7 Å². The molecule has 6 nitrogen and oxygen atoms in total. The molecule has 0 bridgehead atoms. The molecule has 1 aromatic heterocycles. The predicted octanol–water partition coefficient (Wildman–Crippen LogP) is 3.56. The third kappa shape index (κ3) is 4.89. The Morgan fingerprint density at radius 3 is 2.59 bits per heavy atom. The second-order valence-corrected chi connectivity index (χ2v) is 5.99. The maximum Gasteiger partial charge on any atom is 0.274 e. The van der Waals surface area contributed by atoms with Crippen LogP contribution in [0.2, 0.25) is 0 Å². The van der Waals surface area contributed by atoms with Gasteiger partial charge in [0.15, 0.2) is 0 Å². The number of carbonyl (C=O) groups excluding carboxylic acids is 1. The highest BCUT2D eigenvalue weighted by Gasteiger charge is 2.12. The number of nitrogens with zero attached hydrogens (tertiary/aromatic N) is 3. The summed E-state index contributed by atoms with van der Waals surface area (Å²) in [5.74, 6) is 0.0268. The number of hydrogen-bond acceptors (Lipinski definition) is 5. The Bertz CT molecular complexity index is 979. The molecule has 0 saturated carbocycles. The Kier molecular flexibility index (Phi) is 5.75. The van der Waals surface area contributed by atoms with Crippen molar-refractivity contribution in [3.8, 4) is 6.07 Å². The number of aryl methyl sites for hydroxylation is 1. The van der Waals surface area contributed by atoms with E-state index >= 15 is 0 Å². The molecule has 0 aliphatic rings. The normalized spacial score (nSPS) is 10.1. The fourth-order valence-electron chi connectivity index (χ4n) is 2.60. The van der Waals surface area contributed by atoms with E-state index in [4.69, 9.17) is 5.26 Å². The smallest absolute Gasteiger partial charge is 0.274 e. The van der Waals surface area contributed by atoms with E-state index in [-0.39, 0.29) is 11.6 Å². The number of amides is 1. The largest absolute Gasteiger partial charge is 0.354 e. The first-order chi connectivity index (χ1) is 13.2. The van der Waals surface area contributed by atoms with Gasteiger partial charge in [-0.3, -0.25) is 4.79 Å². The molecule has 1 heterocycles. The van der Waals surface area contributed by atoms with Crippen LogP contribution in [0.1, 0.15) is 27.3 Å². The lowest BCUT2D eigenvalue weighted by Crippen LogP contribution is -2.17. The molecule has 0 unspecified atom stereocenters. The minimum absolute atomic E-state index is 0.248. The fourth-order valence-corrected chi connectivity index (χ4v) is 2.60. The maximum absolute atomic E-state index is 12.5. The van der Waals surface area contributed by atoms with Crippen molar-refractivity contribution in [2.24, 2.45) is 0 Å². The SMILES string of the molecule is Cc1cc(C(=O)Nc2ccccc2C#N)nc(NCCc2ccccc2)n1. The standard InChI is InChI=1S/C21H19N5O/c1-15-13-19(20(27)25-18-10-6-5-9-17(18)14-22)26-21(24-15)23-12-11-16-7-3-2-4-8-16/h2-10,13H,11-12H2,1H3,(H,25,27)(H,23,24,26). The van der Waals surface area contributed by atoms with Gasteiger partial charge in [-0.15, -0.1) is 0 Å². The number of carbonyl (C=O) groups is 1. The van der Waals surface area contributed by atoms with Gasteiger partial charge in [-0.25, -0.2) is 9.97 Å². The number of benzene rings is 2. The van der Waals surface area contributed by atoms with E-state index < -0.39 is 0 Å². The number of hydrogen-bond donors (Lipinski definition) is 2. The summed E-state index contributed by atoms with van der Waals surface area (Å²) in [6.45, 7) is 2.47. The van der Waals surface area contributed by atoms with E-state index in [0.29, 0.717) is 29.4 Å². The lowest BCUT2D eigenvalue weighted by atomic mass is 10.1. The molecule has 0 aliphatic heterocycles. The van der Waals surface area contributed by atoms with E-state index in [2.05, 4.69) is 38.8 Å². The summed E-state index contributed by atoms with van der Waals surface area (Å²) in [4.78, 5) is 21.2. The zero-order valence-electron chi connectivity index (χ0n) is 14.9. The van der Waals surface area contributed by atoms with Gasteiger partial charge in [-0.1, -0.05) is 42.5 Å². The third-order valence-electron chi connectivity index (χ3n) is 3.92. The molecular formula is C21H19N5O. The number of rotatable bonds is 6. The van der Waals surface area contributed by atoms with Crippen molar-refractivity contribution in [1.82, 2.24) is 9.97 Å². The van der Waals surface area contributed by atoms with Crippen molar-refractivity contribution in [1.29, 1.82) is 5.26 Å². The van der Waals surface area contributed by atoms with E-state index in [9.17, 15) is 4.79 Å². The highest BCUT2D eigenvalue weighted by Crippen LogP contribution is 2.15. The van der Waals surface area contributed by atoms with Crippen LogP contribution in [-0.2, 0) is 6.42 Å². The molecule has 0 spiro atoms. The summed E-state index contributed by atoms with van der Waals surface area (Å²) < 4.78 is 0. The first-order valence-electron chi connectivity index (χ1n) is 8.59. The first-order valence-corrected chi connectivity index (χ1v) is 8.59. The Morgan fingerprint density at radius 2 is 1.81 bits per heavy atom. The summed E-state index contributed by atoms with van der Waals surface area (Å²) in [5.41, 5.74) is 3.00. The Labute approximate surface area is 157 Å². The van der Waals surface area contributed by atoms with Crippen LogP contribution in [0.15, 0.2) is 60.7 Å². The molecule has 2 aromatic carbocycles. The monoisotopic (exact) mass is 357 g/mol. The molecule has 3 rings (SSSR count). The molecule has 6 heteroatoms. The highest BCUT2D eigenvalue weighted by atomic mass is 16.1. The Morgan fingerprint density at radius 1 is 1.07 bits per heavy atom. The zero-order chi connectivity index (χ0) is 19.1. The summed E-state index contributed by atoms with van der Waals surface area (Å²) in [6, 6.07) is 20.6. The summed E-state index contributed by atoms with van der Waals surface area (Å²) in [5, 5.41) is 15.0. The average Bonchev–Trinajstić information content (AvgIpc) is 2.69. The number of nitriles is 1. The van der Waals surface area contributed by atoms with E-state index in [1.165, 1.54) is 5.56 Å². The molecule has 2 N–H and O–H groups in total. The Hall–Kier alpha value is -3.72. The number of nitrogens with one attached hydrogen (secondary N) is 2. The van der Waals surface area contributed by atoms with Gasteiger partial charge in [0.2, 0.25) is 5.95 Å². The second-order valence-electron chi connectivity index (χ2n) is 5.99. The molecular weight excluding hydrogens is 338 g/mol. The number of para-hydroxylation sites is 1. The molecule has 0 radical (unpaired) electrons. The van der Waals surface area contributed by atoms with Gasteiger partial charge in [0.25, 0.3) is 5.91 Å². The van der Waals surface area contributed by atoms with Crippen molar-refractivity contribution >= 4 is 17.5 Å². The summed E-state index contributed by atoms with van der Waals surface area (Å²) >= 11 is 0. The van der Waals surface area contributed by atoms with Gasteiger partial charge in [0.05, 0.1) is 11.3 Å². The van der Waals surface area contributed by atoms with Crippen LogP contribution in [-0.4, -0.2) is 22.4 Å². The molecule has 3 aromatic rings. The van der Waals surface area contributed by atoms with Gasteiger partial charge in [0.1, 0.15) is 11.8 Å². The molecule has 0 atom stereocenters. The van der Waals surface area contributed by atoms with E-state index in [0.717, 1.165) is 6.42 Å². The van der Waals surface area contributed by atoms with Gasteiger partial charge in [-0.2, -0.15) is 5.26 Å². The Balaban J connectivity index is 1.69. The fraction of sp³-hybridized carbons (Fsp3) is 0.143. The van der Waals surface area contributed by atoms with Gasteiger partial charge in [-0.05, 0) is 37.1 Å². The lowest BCUT2D eigenvalue weighted by molar-refractivity contribution is 0.102. The van der Waals surface area contributed by atoms with Crippen LogP contribution in [0.25, 0.3) is 0 Å². The minimum atomic E-state index is -0.380. The lowest BCUT2D eigenvalue weighted by Gasteiger charge is -2.09. The number of aromatic nitrogens is 2. The van der Waals surface area contributed by atoms with Crippen LogP contribution in [0.4, 0.5) is 11.6 Å². The average molecular weight is 357 g/mol. The first kappa shape index (κ1) is 18.1. The van der Waals surface area contributed by atoms with Crippen LogP contribution in [0, 0.1) is 18.3 Å². The van der Waals surface area contributed by atoms with Gasteiger partial charge >= 0.3 is 0 Å². The van der Waals surface area contributed by atoms with Crippen molar-refractivity contribution in [2.45, 2.75) is 13.3 Å². The molecule has 0 fully saturated rings. The van der Waals surface area contributed by atoms with Crippen molar-refractivity contribution < 1.29 is 4.79 Å². The van der Waals surface area contributed by atoms with Gasteiger partial charge < -0.3 is 10.6 Å². The summed E-state index contributed by atoms with van der Waals surface area (Å²) in [6.07, 6.45) is 0.829. The van der Waals surface area contributed by atoms with Crippen LogP contribution in [0.3, 0.4) is 0 Å². The quantitative estimate of drug-likeness (QED) is 0.704. The second kappa shape index (κ2) is 8.59. The molecule has 0 saturated heterocycles. The summed E-state index contributed by atoms with van der Waals surface area (Å²) in [7, 11) is 0. The third-order valence-corrected chi connectivity index (χ3v) is 3.92. The highest BCUT2D eigenvalue weighted by molar-refractivity contribution is 6.03. The van der Waals surface area contributed by atoms with Crippen LogP contribution >= 0.6 is 0 Å². The number of anilines is 2. The zero-order valence-corrected chi connectivity index (χ0v) is 14.9. The molecule has 134 valence electrons. The van der Waals surface area contributed by atoms with E-state index in [1.54, 1.807) is 30.3 Å². The van der Waals surface area contributed by atoms with Crippen molar-refractivity contribution in [3.63, 3.8) is 0 Å². The van der Waals surface area contributed by atoms with Crippen LogP contribution in [0.5, 0.6) is 0 Å². The van der Waals surface area contributed by atoms with Crippen LogP contribution < -0.4 is 10.6 Å².